The van der Waals surface area contributed by atoms with E-state index in [1.54, 1.807) is 6.07 Å². The molecule has 3 aromatic rings. The van der Waals surface area contributed by atoms with Crippen LogP contribution < -0.4 is 0 Å². The molecule has 1 aromatic heterocycles. The molecular formula is C14H7FN4O5S. The van der Waals surface area contributed by atoms with Gasteiger partial charge in [0.1, 0.15) is 5.82 Å². The van der Waals surface area contributed by atoms with Crippen molar-refractivity contribution >= 4 is 23.1 Å². The summed E-state index contributed by atoms with van der Waals surface area (Å²) in [5.41, 5.74) is -0.235. The van der Waals surface area contributed by atoms with Crippen LogP contribution in [0.4, 0.5) is 15.8 Å². The van der Waals surface area contributed by atoms with Crippen LogP contribution in [0.25, 0.3) is 11.5 Å². The van der Waals surface area contributed by atoms with Gasteiger partial charge >= 0.3 is 0 Å². The Kier molecular flexibility index (Phi) is 4.39. The summed E-state index contributed by atoms with van der Waals surface area (Å²) in [6.45, 7) is 0. The van der Waals surface area contributed by atoms with E-state index < -0.39 is 21.4 Å². The van der Waals surface area contributed by atoms with E-state index in [2.05, 4.69) is 10.2 Å². The van der Waals surface area contributed by atoms with E-state index in [1.807, 2.05) is 0 Å². The van der Waals surface area contributed by atoms with Gasteiger partial charge in [-0.3, -0.25) is 20.2 Å². The number of nitrogens with zero attached hydrogens (tertiary/aromatic N) is 4. The van der Waals surface area contributed by atoms with E-state index in [-0.39, 0.29) is 21.7 Å². The van der Waals surface area contributed by atoms with Gasteiger partial charge in [0.05, 0.1) is 20.8 Å². The third kappa shape index (κ3) is 3.61. The number of halogens is 1. The highest BCUT2D eigenvalue weighted by Crippen LogP contribution is 2.35. The summed E-state index contributed by atoms with van der Waals surface area (Å²) in [6.07, 6.45) is 0. The lowest BCUT2D eigenvalue weighted by molar-refractivity contribution is -0.387. The summed E-state index contributed by atoms with van der Waals surface area (Å²) in [4.78, 5) is 20.6. The fourth-order valence-corrected chi connectivity index (χ4v) is 2.70. The molecule has 0 fully saturated rings. The van der Waals surface area contributed by atoms with Crippen molar-refractivity contribution in [2.45, 2.75) is 10.1 Å². The van der Waals surface area contributed by atoms with E-state index in [0.717, 1.165) is 23.9 Å². The van der Waals surface area contributed by atoms with Crippen LogP contribution in [0.15, 0.2) is 57.0 Å². The molecule has 126 valence electrons. The molecule has 0 saturated heterocycles. The Hall–Kier alpha value is -3.34. The highest BCUT2D eigenvalue weighted by molar-refractivity contribution is 7.99. The molecule has 0 atom stereocenters. The number of benzene rings is 2. The van der Waals surface area contributed by atoms with Gasteiger partial charge in [0.2, 0.25) is 5.89 Å². The molecule has 0 aliphatic rings. The van der Waals surface area contributed by atoms with Crippen LogP contribution in [0.3, 0.4) is 0 Å². The van der Waals surface area contributed by atoms with E-state index in [4.69, 9.17) is 4.42 Å². The predicted octanol–water partition coefficient (Wildman–Crippen LogP) is 3.84. The molecular weight excluding hydrogens is 355 g/mol. The fourth-order valence-electron chi connectivity index (χ4n) is 1.93. The third-order valence-corrected chi connectivity index (χ3v) is 3.93. The number of hydrogen-bond donors (Lipinski definition) is 0. The van der Waals surface area contributed by atoms with Crippen molar-refractivity contribution in [2.24, 2.45) is 0 Å². The molecule has 2 aromatic carbocycles. The zero-order valence-corrected chi connectivity index (χ0v) is 13.0. The van der Waals surface area contributed by atoms with Gasteiger partial charge < -0.3 is 4.42 Å². The van der Waals surface area contributed by atoms with Crippen molar-refractivity contribution in [2.75, 3.05) is 0 Å². The smallest absolute Gasteiger partial charge is 0.286 e. The second-order valence-corrected chi connectivity index (χ2v) is 5.64. The molecule has 9 nitrogen and oxygen atoms in total. The minimum Gasteiger partial charge on any atom is -0.411 e. The van der Waals surface area contributed by atoms with Gasteiger partial charge in [-0.05, 0) is 30.0 Å². The van der Waals surface area contributed by atoms with Crippen LogP contribution in [0.5, 0.6) is 0 Å². The largest absolute Gasteiger partial charge is 0.411 e. The maximum atomic E-state index is 13.2. The normalized spacial score (nSPS) is 10.6. The number of hydrogen-bond acceptors (Lipinski definition) is 8. The minimum atomic E-state index is -0.737. The van der Waals surface area contributed by atoms with Crippen LogP contribution in [-0.4, -0.2) is 20.0 Å². The van der Waals surface area contributed by atoms with E-state index in [9.17, 15) is 24.6 Å². The van der Waals surface area contributed by atoms with Gasteiger partial charge in [0.25, 0.3) is 16.6 Å². The van der Waals surface area contributed by atoms with Crippen LogP contribution >= 0.6 is 11.8 Å². The lowest BCUT2D eigenvalue weighted by atomic mass is 10.2. The van der Waals surface area contributed by atoms with Gasteiger partial charge in [-0.25, -0.2) is 4.39 Å². The zero-order chi connectivity index (χ0) is 18.0. The minimum absolute atomic E-state index is 0.0174. The van der Waals surface area contributed by atoms with Gasteiger partial charge in [0, 0.05) is 17.7 Å². The Bertz CT molecular complexity index is 977. The molecule has 0 aliphatic carbocycles. The van der Waals surface area contributed by atoms with Crippen LogP contribution in [-0.2, 0) is 0 Å². The predicted molar refractivity (Wildman–Crippen MR) is 83.6 cm³/mol. The van der Waals surface area contributed by atoms with Crippen LogP contribution in [0, 0.1) is 26.0 Å². The van der Waals surface area contributed by atoms with Gasteiger partial charge in [0.15, 0.2) is 0 Å². The highest BCUT2D eigenvalue weighted by Gasteiger charge is 2.19. The van der Waals surface area contributed by atoms with Crippen LogP contribution in [0.2, 0.25) is 0 Å². The number of nitro groups is 2. The maximum absolute atomic E-state index is 13.2. The molecule has 0 radical (unpaired) electrons. The SMILES string of the molecule is O=[N+]([O-])c1cccc(-c2nnc(Sc3ccc(F)cc3[N+](=O)[O-])o2)c1. The molecule has 0 amide bonds. The third-order valence-electron chi connectivity index (χ3n) is 3.03. The number of nitro benzene ring substituents is 2. The Morgan fingerprint density at radius 3 is 2.56 bits per heavy atom. The Morgan fingerprint density at radius 1 is 1.04 bits per heavy atom. The van der Waals surface area contributed by atoms with Crippen molar-refractivity contribution in [3.8, 4) is 11.5 Å². The second kappa shape index (κ2) is 6.65. The molecule has 25 heavy (non-hydrogen) atoms. The topological polar surface area (TPSA) is 125 Å². The van der Waals surface area contributed by atoms with E-state index >= 15 is 0 Å². The van der Waals surface area contributed by atoms with Crippen molar-refractivity contribution < 1.29 is 18.7 Å². The number of aromatic nitrogens is 2. The molecule has 0 spiro atoms. The molecule has 3 rings (SSSR count). The van der Waals surface area contributed by atoms with E-state index in [0.29, 0.717) is 5.56 Å². The molecule has 0 aliphatic heterocycles. The lowest BCUT2D eigenvalue weighted by Crippen LogP contribution is -1.91. The second-order valence-electron chi connectivity index (χ2n) is 4.65. The van der Waals surface area contributed by atoms with E-state index in [1.165, 1.54) is 24.3 Å². The quantitative estimate of drug-likeness (QED) is 0.495. The van der Waals surface area contributed by atoms with Crippen molar-refractivity contribution in [1.29, 1.82) is 0 Å². The first kappa shape index (κ1) is 16.5. The highest BCUT2D eigenvalue weighted by atomic mass is 32.2. The summed E-state index contributed by atoms with van der Waals surface area (Å²) >= 11 is 0.795. The molecule has 0 N–H and O–H groups in total. The first-order valence-corrected chi connectivity index (χ1v) is 7.46. The van der Waals surface area contributed by atoms with Crippen LogP contribution in [0.1, 0.15) is 0 Å². The standard InChI is InChI=1S/C14H7FN4O5S/c15-9-4-5-12(11(7-9)19(22)23)25-14-17-16-13(24-14)8-2-1-3-10(6-8)18(20)21/h1-7H. The molecule has 1 heterocycles. The number of non-ortho nitro benzene ring substituents is 1. The fraction of sp³-hybridized carbons (Fsp3) is 0. The Labute approximate surface area is 142 Å². The zero-order valence-electron chi connectivity index (χ0n) is 12.2. The van der Waals surface area contributed by atoms with Crippen molar-refractivity contribution in [3.05, 3.63) is 68.5 Å². The Morgan fingerprint density at radius 2 is 1.84 bits per heavy atom. The molecule has 0 saturated carbocycles. The molecule has 0 bridgehead atoms. The van der Waals surface area contributed by atoms with Crippen molar-refractivity contribution in [3.63, 3.8) is 0 Å². The number of rotatable bonds is 5. The summed E-state index contributed by atoms with van der Waals surface area (Å²) in [5, 5.41) is 29.3. The van der Waals surface area contributed by atoms with Gasteiger partial charge in [-0.15, -0.1) is 10.2 Å². The summed E-state index contributed by atoms with van der Waals surface area (Å²) in [5.74, 6) is -0.713. The maximum Gasteiger partial charge on any atom is 0.286 e. The average Bonchev–Trinajstić information content (AvgIpc) is 3.05. The average molecular weight is 362 g/mol. The summed E-state index contributed by atoms with van der Waals surface area (Å²) < 4.78 is 18.5. The van der Waals surface area contributed by atoms with Gasteiger partial charge in [-0.1, -0.05) is 6.07 Å². The molecule has 11 heteroatoms. The first-order valence-electron chi connectivity index (χ1n) is 6.64. The first-order chi connectivity index (χ1) is 11.9. The molecule has 0 unspecified atom stereocenters. The monoisotopic (exact) mass is 362 g/mol. The summed E-state index contributed by atoms with van der Waals surface area (Å²) in [6, 6.07) is 8.70. The van der Waals surface area contributed by atoms with Gasteiger partial charge in [-0.2, -0.15) is 0 Å². The summed E-state index contributed by atoms with van der Waals surface area (Å²) in [7, 11) is 0. The Balaban J connectivity index is 1.89. The lowest BCUT2D eigenvalue weighted by Gasteiger charge is -1.99. The van der Waals surface area contributed by atoms with Crippen molar-refractivity contribution in [1.82, 2.24) is 10.2 Å².